The van der Waals surface area contributed by atoms with Gasteiger partial charge in [0.15, 0.2) is 0 Å². The van der Waals surface area contributed by atoms with Crippen molar-refractivity contribution in [2.75, 3.05) is 19.7 Å². The third kappa shape index (κ3) is 3.46. The van der Waals surface area contributed by atoms with Crippen LogP contribution in [0.4, 0.5) is 0 Å². The highest BCUT2D eigenvalue weighted by Gasteiger charge is 2.27. The van der Waals surface area contributed by atoms with Crippen molar-refractivity contribution in [2.24, 2.45) is 11.1 Å². The van der Waals surface area contributed by atoms with Crippen LogP contribution < -0.4 is 5.73 Å². The van der Waals surface area contributed by atoms with E-state index in [0.29, 0.717) is 6.04 Å². The Morgan fingerprint density at radius 2 is 2.06 bits per heavy atom. The maximum Gasteiger partial charge on any atom is 0.0963 e. The summed E-state index contributed by atoms with van der Waals surface area (Å²) in [6, 6.07) is 0.648. The van der Waals surface area contributed by atoms with Crippen molar-refractivity contribution in [3.05, 3.63) is 0 Å². The second kappa shape index (κ2) is 5.64. The molecule has 0 saturated heterocycles. The van der Waals surface area contributed by atoms with Gasteiger partial charge in [0.25, 0.3) is 0 Å². The molecule has 0 spiro atoms. The molecule has 0 aromatic carbocycles. The zero-order valence-corrected chi connectivity index (χ0v) is 10.5. The Hall–Kier alpha value is -0.610. The zero-order valence-electron chi connectivity index (χ0n) is 10.5. The molecular weight excluding hydrogens is 202 g/mol. The van der Waals surface area contributed by atoms with Crippen molar-refractivity contribution in [2.45, 2.75) is 45.6 Å². The summed E-state index contributed by atoms with van der Waals surface area (Å²) in [5, 5.41) is 16.6. The number of aliphatic hydroxyl groups excluding tert-OH is 1. The molecule has 0 heterocycles. The van der Waals surface area contributed by atoms with Crippen LogP contribution in [0.2, 0.25) is 0 Å². The fourth-order valence-electron chi connectivity index (χ4n) is 1.92. The molecule has 4 heteroatoms. The van der Waals surface area contributed by atoms with Crippen LogP contribution in [0, 0.1) is 10.8 Å². The molecule has 4 nitrogen and oxygen atoms in total. The van der Waals surface area contributed by atoms with Crippen LogP contribution in [-0.4, -0.2) is 41.6 Å². The lowest BCUT2D eigenvalue weighted by Gasteiger charge is -2.38. The van der Waals surface area contributed by atoms with E-state index in [2.05, 4.69) is 4.90 Å². The lowest BCUT2D eigenvalue weighted by Crippen LogP contribution is -2.44. The highest BCUT2D eigenvalue weighted by atomic mass is 16.3. The lowest BCUT2D eigenvalue weighted by molar-refractivity contribution is 0.0934. The Morgan fingerprint density at radius 3 is 2.44 bits per heavy atom. The van der Waals surface area contributed by atoms with Gasteiger partial charge in [0.2, 0.25) is 0 Å². The first kappa shape index (κ1) is 13.5. The Labute approximate surface area is 98.3 Å². The van der Waals surface area contributed by atoms with Crippen molar-refractivity contribution >= 4 is 5.84 Å². The molecule has 1 rings (SSSR count). The average molecular weight is 227 g/mol. The summed E-state index contributed by atoms with van der Waals surface area (Å²) in [4.78, 5) is 2.34. The molecule has 0 bridgehead atoms. The highest BCUT2D eigenvalue weighted by molar-refractivity contribution is 5.82. The van der Waals surface area contributed by atoms with Crippen molar-refractivity contribution < 1.29 is 5.11 Å². The van der Waals surface area contributed by atoms with E-state index in [1.807, 2.05) is 13.8 Å². The van der Waals surface area contributed by atoms with Gasteiger partial charge in [-0.2, -0.15) is 0 Å². The summed E-state index contributed by atoms with van der Waals surface area (Å²) >= 11 is 0. The minimum atomic E-state index is -0.225. The summed E-state index contributed by atoms with van der Waals surface area (Å²) in [7, 11) is 0. The van der Waals surface area contributed by atoms with E-state index in [-0.39, 0.29) is 17.9 Å². The number of hydrogen-bond acceptors (Lipinski definition) is 3. The van der Waals surface area contributed by atoms with Gasteiger partial charge in [-0.25, -0.2) is 0 Å². The third-order valence-corrected chi connectivity index (χ3v) is 3.73. The van der Waals surface area contributed by atoms with E-state index in [4.69, 9.17) is 16.2 Å². The summed E-state index contributed by atoms with van der Waals surface area (Å²) in [5.74, 6) is 0.255. The molecule has 0 amide bonds. The van der Waals surface area contributed by atoms with Gasteiger partial charge in [0, 0.05) is 18.0 Å². The molecule has 94 valence electrons. The number of nitrogens with two attached hydrogens (primary N) is 1. The summed E-state index contributed by atoms with van der Waals surface area (Å²) < 4.78 is 0. The first-order valence-electron chi connectivity index (χ1n) is 6.17. The van der Waals surface area contributed by atoms with Gasteiger partial charge in [0.05, 0.1) is 12.4 Å². The molecule has 0 aromatic heterocycles. The number of rotatable bonds is 7. The Morgan fingerprint density at radius 1 is 1.44 bits per heavy atom. The Kier molecular flexibility index (Phi) is 4.74. The smallest absolute Gasteiger partial charge is 0.0963 e. The van der Waals surface area contributed by atoms with Crippen LogP contribution in [0.25, 0.3) is 0 Å². The molecule has 4 N–H and O–H groups in total. The van der Waals surface area contributed by atoms with Gasteiger partial charge in [0.1, 0.15) is 0 Å². The van der Waals surface area contributed by atoms with Gasteiger partial charge < -0.3 is 10.8 Å². The van der Waals surface area contributed by atoms with E-state index in [1.54, 1.807) is 0 Å². The van der Waals surface area contributed by atoms with Crippen molar-refractivity contribution in [1.29, 1.82) is 5.41 Å². The summed E-state index contributed by atoms with van der Waals surface area (Å²) in [6.07, 6.45) is 4.70. The molecule has 0 aliphatic heterocycles. The van der Waals surface area contributed by atoms with Crippen molar-refractivity contribution in [3.8, 4) is 0 Å². The SMILES string of the molecule is CC(C)(CCN(CCO)C1CCC1)C(=N)N. The van der Waals surface area contributed by atoms with Crippen molar-refractivity contribution in [3.63, 3.8) is 0 Å². The topological polar surface area (TPSA) is 73.3 Å². The third-order valence-electron chi connectivity index (χ3n) is 3.73. The molecule has 0 aromatic rings. The van der Waals surface area contributed by atoms with Gasteiger partial charge >= 0.3 is 0 Å². The average Bonchev–Trinajstić information content (AvgIpc) is 2.11. The van der Waals surface area contributed by atoms with Gasteiger partial charge in [-0.3, -0.25) is 10.3 Å². The standard InChI is InChI=1S/C12H25N3O/c1-12(2,11(13)14)6-7-15(8-9-16)10-4-3-5-10/h10,16H,3-9H2,1-2H3,(H3,13,14). The molecule has 1 saturated carbocycles. The molecule has 16 heavy (non-hydrogen) atoms. The molecule has 1 aliphatic rings. The van der Waals surface area contributed by atoms with Crippen LogP contribution in [-0.2, 0) is 0 Å². The minimum Gasteiger partial charge on any atom is -0.395 e. The summed E-state index contributed by atoms with van der Waals surface area (Å²) in [6.45, 7) is 5.91. The lowest BCUT2D eigenvalue weighted by atomic mass is 9.86. The first-order valence-corrected chi connectivity index (χ1v) is 6.17. The number of amidine groups is 1. The van der Waals surface area contributed by atoms with Gasteiger partial charge in [-0.1, -0.05) is 20.3 Å². The van der Waals surface area contributed by atoms with Crippen LogP contribution in [0.1, 0.15) is 39.5 Å². The maximum atomic E-state index is 9.04. The molecule has 1 fully saturated rings. The largest absolute Gasteiger partial charge is 0.395 e. The quantitative estimate of drug-likeness (QED) is 0.452. The monoisotopic (exact) mass is 227 g/mol. The number of nitrogens with zero attached hydrogens (tertiary/aromatic N) is 1. The van der Waals surface area contributed by atoms with E-state index in [0.717, 1.165) is 19.5 Å². The van der Waals surface area contributed by atoms with Crippen LogP contribution in [0.3, 0.4) is 0 Å². The minimum absolute atomic E-state index is 0.219. The van der Waals surface area contributed by atoms with Crippen LogP contribution in [0.15, 0.2) is 0 Å². The maximum absolute atomic E-state index is 9.04. The zero-order chi connectivity index (χ0) is 12.2. The summed E-state index contributed by atoms with van der Waals surface area (Å²) in [5.41, 5.74) is 5.34. The fourth-order valence-corrected chi connectivity index (χ4v) is 1.92. The van der Waals surface area contributed by atoms with Crippen LogP contribution in [0.5, 0.6) is 0 Å². The molecule has 0 radical (unpaired) electrons. The molecule has 1 aliphatic carbocycles. The predicted molar refractivity (Wildman–Crippen MR) is 66.6 cm³/mol. The van der Waals surface area contributed by atoms with Crippen molar-refractivity contribution in [1.82, 2.24) is 4.90 Å². The number of hydrogen-bond donors (Lipinski definition) is 3. The highest BCUT2D eigenvalue weighted by Crippen LogP contribution is 2.27. The molecule has 0 atom stereocenters. The molecule has 0 unspecified atom stereocenters. The van der Waals surface area contributed by atoms with E-state index in [9.17, 15) is 0 Å². The number of nitrogens with one attached hydrogen (secondary N) is 1. The van der Waals surface area contributed by atoms with E-state index >= 15 is 0 Å². The van der Waals surface area contributed by atoms with E-state index < -0.39 is 0 Å². The predicted octanol–water partition coefficient (Wildman–Crippen LogP) is 1.19. The first-order chi connectivity index (χ1) is 7.47. The Balaban J connectivity index is 2.39. The number of aliphatic hydroxyl groups is 1. The second-order valence-corrected chi connectivity index (χ2v) is 5.39. The fraction of sp³-hybridized carbons (Fsp3) is 0.917. The molecular formula is C12H25N3O. The Bertz CT molecular complexity index is 236. The van der Waals surface area contributed by atoms with Gasteiger partial charge in [-0.15, -0.1) is 0 Å². The van der Waals surface area contributed by atoms with Crippen LogP contribution >= 0.6 is 0 Å². The van der Waals surface area contributed by atoms with Gasteiger partial charge in [-0.05, 0) is 25.8 Å². The van der Waals surface area contributed by atoms with E-state index in [1.165, 1.54) is 19.3 Å². The normalized spacial score (nSPS) is 17.5. The second-order valence-electron chi connectivity index (χ2n) is 5.39.